The third-order valence-electron chi connectivity index (χ3n) is 5.18. The number of amides is 2. The van der Waals surface area contributed by atoms with E-state index in [4.69, 9.17) is 21.7 Å². The topological polar surface area (TPSA) is 59.1 Å². The Hall–Kier alpha value is -2.84. The Kier molecular flexibility index (Phi) is 7.12. The number of likely N-dealkylation sites (tertiary alicyclic amines) is 1. The lowest BCUT2D eigenvalue weighted by Crippen LogP contribution is -2.32. The molecule has 0 aromatic heterocycles. The number of nitrogens with zero attached hydrogens (tertiary/aromatic N) is 2. The monoisotopic (exact) mass is 468 g/mol. The Labute approximate surface area is 197 Å². The maximum Gasteiger partial charge on any atom is 0.270 e. The Morgan fingerprint density at radius 2 is 1.84 bits per heavy atom. The molecule has 2 aromatic carbocycles. The number of carbonyl (C=O) groups is 2. The van der Waals surface area contributed by atoms with Gasteiger partial charge in [-0.05, 0) is 67.8 Å². The molecule has 0 aliphatic carbocycles. The van der Waals surface area contributed by atoms with Gasteiger partial charge in [0.2, 0.25) is 0 Å². The number of thiocarbonyl (C=S) groups is 1. The van der Waals surface area contributed by atoms with Crippen LogP contribution in [0.15, 0.2) is 53.4 Å². The van der Waals surface area contributed by atoms with Crippen molar-refractivity contribution >= 4 is 51.9 Å². The molecule has 0 N–H and O–H groups in total. The van der Waals surface area contributed by atoms with Crippen molar-refractivity contribution in [3.63, 3.8) is 0 Å². The van der Waals surface area contributed by atoms with E-state index in [2.05, 4.69) is 0 Å². The zero-order valence-corrected chi connectivity index (χ0v) is 19.4. The van der Waals surface area contributed by atoms with Crippen molar-refractivity contribution in [2.24, 2.45) is 0 Å². The smallest absolute Gasteiger partial charge is 0.270 e. The molecule has 0 spiro atoms. The Morgan fingerprint density at radius 3 is 2.56 bits per heavy atom. The van der Waals surface area contributed by atoms with Crippen molar-refractivity contribution in [3.8, 4) is 11.5 Å². The molecule has 6 nitrogen and oxygen atoms in total. The molecule has 2 amide bonds. The van der Waals surface area contributed by atoms with Crippen LogP contribution in [0.1, 0.15) is 25.3 Å². The lowest BCUT2D eigenvalue weighted by Gasteiger charge is -2.15. The van der Waals surface area contributed by atoms with E-state index < -0.39 is 0 Å². The highest BCUT2D eigenvalue weighted by Crippen LogP contribution is 2.36. The quantitative estimate of drug-likeness (QED) is 0.441. The van der Waals surface area contributed by atoms with E-state index in [1.807, 2.05) is 54.3 Å². The fourth-order valence-electron chi connectivity index (χ4n) is 3.60. The van der Waals surface area contributed by atoms with Gasteiger partial charge in [0.15, 0.2) is 10.9 Å². The van der Waals surface area contributed by atoms with Crippen LogP contribution in [0.25, 0.3) is 6.08 Å². The van der Waals surface area contributed by atoms with E-state index >= 15 is 0 Å². The predicted molar refractivity (Wildman–Crippen MR) is 131 cm³/mol. The molecular weight excluding hydrogens is 444 g/mol. The second kappa shape index (κ2) is 10.2. The first-order valence-electron chi connectivity index (χ1n) is 10.6. The van der Waals surface area contributed by atoms with Crippen LogP contribution in [-0.2, 0) is 9.59 Å². The van der Waals surface area contributed by atoms with Gasteiger partial charge in [0, 0.05) is 13.1 Å². The van der Waals surface area contributed by atoms with Gasteiger partial charge in [-0.2, -0.15) is 0 Å². The van der Waals surface area contributed by atoms with Crippen LogP contribution in [0.3, 0.4) is 0 Å². The number of anilines is 1. The molecule has 0 bridgehead atoms. The number of benzene rings is 2. The minimum absolute atomic E-state index is 0.00382. The van der Waals surface area contributed by atoms with Crippen LogP contribution in [0.5, 0.6) is 11.5 Å². The molecule has 166 valence electrons. The van der Waals surface area contributed by atoms with Crippen molar-refractivity contribution in [1.82, 2.24) is 4.90 Å². The summed E-state index contributed by atoms with van der Waals surface area (Å²) in [5.74, 6) is 1.18. The van der Waals surface area contributed by atoms with Gasteiger partial charge in [0.05, 0.1) is 17.2 Å². The summed E-state index contributed by atoms with van der Waals surface area (Å²) in [5, 5.41) is 0. The Bertz CT molecular complexity index is 1050. The Balaban J connectivity index is 1.44. The summed E-state index contributed by atoms with van der Waals surface area (Å²) in [6, 6.07) is 14.7. The van der Waals surface area contributed by atoms with Crippen LogP contribution in [0.2, 0.25) is 0 Å². The minimum atomic E-state index is -0.167. The molecule has 32 heavy (non-hydrogen) atoms. The maximum absolute atomic E-state index is 13.0. The van der Waals surface area contributed by atoms with Crippen LogP contribution < -0.4 is 14.4 Å². The second-order valence-corrected chi connectivity index (χ2v) is 9.07. The molecular formula is C24H24N2O4S2. The lowest BCUT2D eigenvalue weighted by atomic mass is 10.2. The van der Waals surface area contributed by atoms with Crippen LogP contribution in [-0.4, -0.2) is 47.3 Å². The molecule has 2 fully saturated rings. The van der Waals surface area contributed by atoms with Crippen LogP contribution in [0, 0.1) is 0 Å². The largest absolute Gasteiger partial charge is 0.494 e. The predicted octanol–water partition coefficient (Wildman–Crippen LogP) is 4.49. The van der Waals surface area contributed by atoms with Crippen molar-refractivity contribution in [2.75, 3.05) is 31.2 Å². The average molecular weight is 469 g/mol. The van der Waals surface area contributed by atoms with Gasteiger partial charge in [-0.15, -0.1) is 0 Å². The number of hydrogen-bond acceptors (Lipinski definition) is 6. The molecule has 0 saturated carbocycles. The number of ether oxygens (including phenoxy) is 2. The first-order valence-corrected chi connectivity index (χ1v) is 11.8. The van der Waals surface area contributed by atoms with E-state index in [0.29, 0.717) is 27.3 Å². The molecule has 2 heterocycles. The normalized spacial score (nSPS) is 17.3. The molecule has 2 aromatic rings. The van der Waals surface area contributed by atoms with Crippen molar-refractivity contribution in [2.45, 2.75) is 19.8 Å². The third kappa shape index (κ3) is 5.14. The number of hydrogen-bond donors (Lipinski definition) is 0. The second-order valence-electron chi connectivity index (χ2n) is 7.39. The molecule has 2 aliphatic heterocycles. The van der Waals surface area contributed by atoms with Gasteiger partial charge < -0.3 is 14.4 Å². The van der Waals surface area contributed by atoms with E-state index in [1.165, 1.54) is 16.7 Å². The van der Waals surface area contributed by atoms with Crippen molar-refractivity contribution in [3.05, 3.63) is 59.0 Å². The molecule has 0 unspecified atom stereocenters. The van der Waals surface area contributed by atoms with E-state index in [-0.39, 0.29) is 18.4 Å². The summed E-state index contributed by atoms with van der Waals surface area (Å²) in [4.78, 5) is 29.1. The number of carbonyl (C=O) groups excluding carboxylic acids is 2. The van der Waals surface area contributed by atoms with Gasteiger partial charge in [-0.3, -0.25) is 14.5 Å². The van der Waals surface area contributed by atoms with Gasteiger partial charge in [0.25, 0.3) is 11.8 Å². The van der Waals surface area contributed by atoms with Gasteiger partial charge >= 0.3 is 0 Å². The molecule has 2 saturated heterocycles. The van der Waals surface area contributed by atoms with E-state index in [0.717, 1.165) is 37.2 Å². The standard InChI is InChI=1S/C24H24N2O4S2/c1-2-29-19-10-8-18(9-11-19)26-23(28)21(32-24(26)31)15-17-6-5-7-20(14-17)30-16-22(27)25-12-3-4-13-25/h5-11,14-15H,2-4,12-13,16H2,1H3/b21-15-. The summed E-state index contributed by atoms with van der Waals surface area (Å²) in [6.07, 6.45) is 3.90. The number of thioether (sulfide) groups is 1. The summed E-state index contributed by atoms with van der Waals surface area (Å²) in [6.45, 7) is 4.13. The molecule has 0 radical (unpaired) electrons. The Morgan fingerprint density at radius 1 is 1.09 bits per heavy atom. The van der Waals surface area contributed by atoms with Gasteiger partial charge in [-0.1, -0.05) is 36.1 Å². The fourth-order valence-corrected chi connectivity index (χ4v) is 4.90. The van der Waals surface area contributed by atoms with Crippen LogP contribution in [0.4, 0.5) is 5.69 Å². The van der Waals surface area contributed by atoms with Crippen LogP contribution >= 0.6 is 24.0 Å². The summed E-state index contributed by atoms with van der Waals surface area (Å²) < 4.78 is 11.6. The van der Waals surface area contributed by atoms with Gasteiger partial charge in [0.1, 0.15) is 11.5 Å². The lowest BCUT2D eigenvalue weighted by molar-refractivity contribution is -0.132. The van der Waals surface area contributed by atoms with E-state index in [1.54, 1.807) is 12.1 Å². The van der Waals surface area contributed by atoms with Crippen molar-refractivity contribution < 1.29 is 19.1 Å². The first kappa shape index (κ1) is 22.4. The highest BCUT2D eigenvalue weighted by molar-refractivity contribution is 8.27. The fraction of sp³-hybridized carbons (Fsp3) is 0.292. The zero-order chi connectivity index (χ0) is 22.5. The highest BCUT2D eigenvalue weighted by atomic mass is 32.2. The highest BCUT2D eigenvalue weighted by Gasteiger charge is 2.33. The van der Waals surface area contributed by atoms with Crippen molar-refractivity contribution in [1.29, 1.82) is 0 Å². The molecule has 0 atom stereocenters. The molecule has 8 heteroatoms. The average Bonchev–Trinajstić information content (AvgIpc) is 3.42. The first-order chi connectivity index (χ1) is 15.5. The minimum Gasteiger partial charge on any atom is -0.494 e. The SMILES string of the molecule is CCOc1ccc(N2C(=O)/C(=C/c3cccc(OCC(=O)N4CCCC4)c3)SC2=S)cc1. The zero-order valence-electron chi connectivity index (χ0n) is 17.8. The third-order valence-corrected chi connectivity index (χ3v) is 6.48. The summed E-state index contributed by atoms with van der Waals surface area (Å²) >= 11 is 6.72. The summed E-state index contributed by atoms with van der Waals surface area (Å²) in [5.41, 5.74) is 1.51. The van der Waals surface area contributed by atoms with E-state index in [9.17, 15) is 9.59 Å². The summed E-state index contributed by atoms with van der Waals surface area (Å²) in [7, 11) is 0. The number of rotatable bonds is 7. The molecule has 4 rings (SSSR count). The van der Waals surface area contributed by atoms with Gasteiger partial charge in [-0.25, -0.2) is 0 Å². The molecule has 2 aliphatic rings. The maximum atomic E-state index is 13.0.